The van der Waals surface area contributed by atoms with Gasteiger partial charge in [-0.15, -0.1) is 0 Å². The highest BCUT2D eigenvalue weighted by atomic mass is 16.5. The predicted octanol–water partition coefficient (Wildman–Crippen LogP) is 8.51. The van der Waals surface area contributed by atoms with Gasteiger partial charge in [-0.3, -0.25) is 0 Å². The first-order chi connectivity index (χ1) is 14.8. The molecule has 3 heteroatoms. The Morgan fingerprint density at radius 3 is 2.00 bits per heavy atom. The minimum atomic E-state index is -0.320. The van der Waals surface area contributed by atoms with Crippen molar-refractivity contribution in [3.05, 3.63) is 48.0 Å². The summed E-state index contributed by atoms with van der Waals surface area (Å²) in [6.07, 6.45) is 22.3. The van der Waals surface area contributed by atoms with Crippen LogP contribution in [0.5, 0.6) is 0 Å². The summed E-state index contributed by atoms with van der Waals surface area (Å²) in [4.78, 5) is 11.8. The van der Waals surface area contributed by atoms with Crippen molar-refractivity contribution in [1.29, 1.82) is 0 Å². The summed E-state index contributed by atoms with van der Waals surface area (Å²) >= 11 is 0. The maximum Gasteiger partial charge on any atom is 0.407 e. The fraction of sp³-hybridized carbons (Fsp3) is 0.667. The van der Waals surface area contributed by atoms with Crippen molar-refractivity contribution in [1.82, 2.24) is 5.32 Å². The van der Waals surface area contributed by atoms with Crippen molar-refractivity contribution in [3.8, 4) is 0 Å². The van der Waals surface area contributed by atoms with Crippen molar-refractivity contribution < 1.29 is 9.53 Å². The number of alkyl carbamates (subject to hydrolysis) is 1. The van der Waals surface area contributed by atoms with E-state index >= 15 is 0 Å². The van der Waals surface area contributed by atoms with Crippen molar-refractivity contribution in [2.45, 2.75) is 110 Å². The Labute approximate surface area is 185 Å². The molecule has 0 aliphatic rings. The SMILES string of the molecule is CCCCCCCC/C=C\CCCCCCCC(NC(=O)OCC)c1ccccc1. The van der Waals surface area contributed by atoms with Crippen molar-refractivity contribution in [3.63, 3.8) is 0 Å². The van der Waals surface area contributed by atoms with E-state index in [0.29, 0.717) is 6.61 Å². The van der Waals surface area contributed by atoms with E-state index in [4.69, 9.17) is 4.74 Å². The third-order valence-corrected chi connectivity index (χ3v) is 5.52. The van der Waals surface area contributed by atoms with Gasteiger partial charge in [0, 0.05) is 0 Å². The third kappa shape index (κ3) is 14.3. The lowest BCUT2D eigenvalue weighted by atomic mass is 9.99. The van der Waals surface area contributed by atoms with Gasteiger partial charge in [0.15, 0.2) is 0 Å². The second-order valence-electron chi connectivity index (χ2n) is 8.20. The number of allylic oxidation sites excluding steroid dienone is 2. The molecule has 30 heavy (non-hydrogen) atoms. The molecule has 170 valence electrons. The summed E-state index contributed by atoms with van der Waals surface area (Å²) in [5, 5.41) is 3.01. The molecule has 0 bridgehead atoms. The van der Waals surface area contributed by atoms with E-state index in [9.17, 15) is 4.79 Å². The molecule has 1 amide bonds. The Morgan fingerprint density at radius 2 is 1.40 bits per heavy atom. The lowest BCUT2D eigenvalue weighted by molar-refractivity contribution is 0.147. The van der Waals surface area contributed by atoms with Gasteiger partial charge >= 0.3 is 6.09 Å². The molecule has 0 aromatic heterocycles. The molecule has 1 rings (SSSR count). The quantitative estimate of drug-likeness (QED) is 0.193. The molecule has 0 saturated carbocycles. The van der Waals surface area contributed by atoms with Gasteiger partial charge in [0.25, 0.3) is 0 Å². The molecule has 1 atom stereocenters. The van der Waals surface area contributed by atoms with Gasteiger partial charge in [-0.25, -0.2) is 4.79 Å². The van der Waals surface area contributed by atoms with Gasteiger partial charge in [-0.2, -0.15) is 0 Å². The predicted molar refractivity (Wildman–Crippen MR) is 129 cm³/mol. The van der Waals surface area contributed by atoms with Crippen LogP contribution in [0.15, 0.2) is 42.5 Å². The highest BCUT2D eigenvalue weighted by molar-refractivity contribution is 5.67. The van der Waals surface area contributed by atoms with Crippen LogP contribution < -0.4 is 5.32 Å². The molecule has 1 aromatic carbocycles. The van der Waals surface area contributed by atoms with Crippen molar-refractivity contribution in [2.75, 3.05) is 6.61 Å². The lowest BCUT2D eigenvalue weighted by Gasteiger charge is -2.19. The standard InChI is InChI=1S/C27H45NO2/c1-3-5-6-7-8-9-10-11-12-13-14-15-16-17-21-24-26(28-27(29)30-4-2)25-22-19-18-20-23-25/h11-12,18-20,22-23,26H,3-10,13-17,21,24H2,1-2H3,(H,28,29)/b12-11-. The summed E-state index contributed by atoms with van der Waals surface area (Å²) in [7, 11) is 0. The molecule has 0 radical (unpaired) electrons. The van der Waals surface area contributed by atoms with Crippen LogP contribution in [0.25, 0.3) is 0 Å². The van der Waals surface area contributed by atoms with Gasteiger partial charge in [0.1, 0.15) is 0 Å². The molecule has 3 nitrogen and oxygen atoms in total. The monoisotopic (exact) mass is 415 g/mol. The number of nitrogens with one attached hydrogen (secondary N) is 1. The Morgan fingerprint density at radius 1 is 0.833 bits per heavy atom. The molecule has 1 aromatic rings. The van der Waals surface area contributed by atoms with Crippen LogP contribution in [0.4, 0.5) is 4.79 Å². The number of hydrogen-bond acceptors (Lipinski definition) is 2. The number of unbranched alkanes of at least 4 members (excludes halogenated alkanes) is 11. The number of hydrogen-bond donors (Lipinski definition) is 1. The zero-order valence-electron chi connectivity index (χ0n) is 19.5. The highest BCUT2D eigenvalue weighted by Crippen LogP contribution is 2.20. The number of benzene rings is 1. The fourth-order valence-electron chi connectivity index (χ4n) is 3.74. The number of carbonyl (C=O) groups excluding carboxylic acids is 1. The zero-order chi connectivity index (χ0) is 21.7. The molecule has 0 saturated heterocycles. The molecule has 0 aliphatic heterocycles. The van der Waals surface area contributed by atoms with Crippen LogP contribution in [0.3, 0.4) is 0 Å². The van der Waals surface area contributed by atoms with E-state index in [2.05, 4.69) is 36.5 Å². The average Bonchev–Trinajstić information content (AvgIpc) is 2.76. The fourth-order valence-corrected chi connectivity index (χ4v) is 3.74. The molecule has 1 N–H and O–H groups in total. The van der Waals surface area contributed by atoms with Crippen LogP contribution in [0.1, 0.15) is 115 Å². The van der Waals surface area contributed by atoms with Gasteiger partial charge in [0.2, 0.25) is 0 Å². The maximum absolute atomic E-state index is 11.8. The first kappa shape index (κ1) is 26.3. The second kappa shape index (κ2) is 19.2. The Bertz CT molecular complexity index is 541. The summed E-state index contributed by atoms with van der Waals surface area (Å²) in [6, 6.07) is 10.2. The van der Waals surface area contributed by atoms with E-state index in [0.717, 1.165) is 18.4 Å². The van der Waals surface area contributed by atoms with E-state index in [1.165, 1.54) is 77.0 Å². The summed E-state index contributed by atoms with van der Waals surface area (Å²) < 4.78 is 5.07. The smallest absolute Gasteiger partial charge is 0.407 e. The molecule has 0 heterocycles. The first-order valence-corrected chi connectivity index (χ1v) is 12.4. The molecule has 1 unspecified atom stereocenters. The normalized spacial score (nSPS) is 12.2. The average molecular weight is 416 g/mol. The number of ether oxygens (including phenoxy) is 1. The topological polar surface area (TPSA) is 38.3 Å². The highest BCUT2D eigenvalue weighted by Gasteiger charge is 2.14. The Hall–Kier alpha value is -1.77. The maximum atomic E-state index is 11.8. The molecular formula is C27H45NO2. The summed E-state index contributed by atoms with van der Waals surface area (Å²) in [5.41, 5.74) is 1.15. The number of rotatable bonds is 18. The molecular weight excluding hydrogens is 370 g/mol. The van der Waals surface area contributed by atoms with Gasteiger partial charge in [0.05, 0.1) is 12.6 Å². The van der Waals surface area contributed by atoms with Crippen LogP contribution in [-0.4, -0.2) is 12.7 Å². The largest absolute Gasteiger partial charge is 0.450 e. The Balaban J connectivity index is 2.07. The van der Waals surface area contributed by atoms with E-state index in [1.54, 1.807) is 0 Å². The number of amides is 1. The van der Waals surface area contributed by atoms with Crippen LogP contribution in [0, 0.1) is 0 Å². The minimum Gasteiger partial charge on any atom is -0.450 e. The van der Waals surface area contributed by atoms with Crippen LogP contribution in [-0.2, 0) is 4.74 Å². The Kier molecular flexibility index (Phi) is 16.8. The first-order valence-electron chi connectivity index (χ1n) is 12.4. The van der Waals surface area contributed by atoms with E-state index in [-0.39, 0.29) is 12.1 Å². The van der Waals surface area contributed by atoms with Crippen molar-refractivity contribution >= 4 is 6.09 Å². The van der Waals surface area contributed by atoms with Gasteiger partial charge < -0.3 is 10.1 Å². The molecule has 0 fully saturated rings. The van der Waals surface area contributed by atoms with E-state index < -0.39 is 0 Å². The van der Waals surface area contributed by atoms with Crippen LogP contribution >= 0.6 is 0 Å². The summed E-state index contributed by atoms with van der Waals surface area (Å²) in [6.45, 7) is 4.51. The number of carbonyl (C=O) groups is 1. The molecule has 0 aliphatic carbocycles. The van der Waals surface area contributed by atoms with Gasteiger partial charge in [-0.1, -0.05) is 107 Å². The van der Waals surface area contributed by atoms with E-state index in [1.807, 2.05) is 25.1 Å². The minimum absolute atomic E-state index is 0.0372. The third-order valence-electron chi connectivity index (χ3n) is 5.52. The zero-order valence-corrected chi connectivity index (χ0v) is 19.5. The summed E-state index contributed by atoms with van der Waals surface area (Å²) in [5.74, 6) is 0. The van der Waals surface area contributed by atoms with Gasteiger partial charge in [-0.05, 0) is 44.6 Å². The molecule has 0 spiro atoms. The lowest BCUT2D eigenvalue weighted by Crippen LogP contribution is -2.29. The second-order valence-corrected chi connectivity index (χ2v) is 8.20. The van der Waals surface area contributed by atoms with Crippen molar-refractivity contribution in [2.24, 2.45) is 0 Å². The van der Waals surface area contributed by atoms with Crippen LogP contribution in [0.2, 0.25) is 0 Å².